The van der Waals surface area contributed by atoms with E-state index in [1.54, 1.807) is 0 Å². The molecule has 16 atom stereocenters. The minimum absolute atomic E-state index is 0.720. The van der Waals surface area contributed by atoms with Gasteiger partial charge < -0.3 is 90.5 Å². The van der Waals surface area contributed by atoms with E-state index in [1.165, 1.54) is 0 Å². The Labute approximate surface area is 260 Å². The van der Waals surface area contributed by atoms with E-state index in [9.17, 15) is 70.6 Å². The van der Waals surface area contributed by atoms with Crippen LogP contribution in [0.1, 0.15) is 20.3 Å². The standard InChI is InChI=1S/C25H42N2O19/c1-7(31)26-13-9(33)3-25(24(40)41,45-20(13)15(35)10(34)4-28)46-21-17(37)12(6-30)43-23(18(21)38)44-19-14(27-8(2)32)22(39)42-11(5-29)16(19)36/h9-23,28-30,33-39H,3-6H2,1-2H3,(H,26,31)(H,27,32)(H,40,41)/t9-,10+,11+,12+,13+,14+,15+,16+,17-,18+,19+,20+,21-,22+,23+,25-/m0/s1. The molecule has 2 amide bonds. The van der Waals surface area contributed by atoms with Crippen LogP contribution in [0.25, 0.3) is 0 Å². The number of carboxylic acid groups (broad SMARTS) is 1. The molecule has 0 aromatic carbocycles. The molecule has 0 saturated carbocycles. The first-order chi connectivity index (χ1) is 21.5. The number of aliphatic hydroxyl groups is 10. The van der Waals surface area contributed by atoms with Gasteiger partial charge >= 0.3 is 5.97 Å². The molecule has 0 aliphatic carbocycles. The zero-order valence-corrected chi connectivity index (χ0v) is 24.7. The molecule has 0 radical (unpaired) electrons. The first kappa shape index (κ1) is 38.3. The van der Waals surface area contributed by atoms with Crippen molar-refractivity contribution in [2.75, 3.05) is 19.8 Å². The summed E-state index contributed by atoms with van der Waals surface area (Å²) in [6.07, 6.45) is -25.8. The lowest BCUT2D eigenvalue weighted by atomic mass is 9.88. The molecule has 0 bridgehead atoms. The van der Waals surface area contributed by atoms with E-state index in [0.29, 0.717) is 0 Å². The smallest absolute Gasteiger partial charge is 0.364 e. The average molecular weight is 675 g/mol. The summed E-state index contributed by atoms with van der Waals surface area (Å²) in [7, 11) is 0. The summed E-state index contributed by atoms with van der Waals surface area (Å²) in [5.41, 5.74) is 0. The maximum absolute atomic E-state index is 12.6. The number of ether oxygens (including phenoxy) is 5. The first-order valence-electron chi connectivity index (χ1n) is 14.2. The molecule has 266 valence electrons. The van der Waals surface area contributed by atoms with Crippen LogP contribution in [0.2, 0.25) is 0 Å². The molecule has 13 N–H and O–H groups in total. The van der Waals surface area contributed by atoms with Crippen molar-refractivity contribution in [2.24, 2.45) is 0 Å². The monoisotopic (exact) mass is 674 g/mol. The van der Waals surface area contributed by atoms with Crippen LogP contribution >= 0.6 is 0 Å². The Morgan fingerprint density at radius 3 is 1.91 bits per heavy atom. The van der Waals surface area contributed by atoms with E-state index in [4.69, 9.17) is 23.7 Å². The normalized spacial score (nSPS) is 42.9. The molecule has 3 rings (SSSR count). The van der Waals surface area contributed by atoms with Crippen LogP contribution in [0.4, 0.5) is 0 Å². The van der Waals surface area contributed by atoms with Crippen molar-refractivity contribution >= 4 is 17.8 Å². The van der Waals surface area contributed by atoms with Crippen LogP contribution < -0.4 is 10.6 Å². The molecule has 21 heteroatoms. The third kappa shape index (κ3) is 8.08. The molecular weight excluding hydrogens is 632 g/mol. The van der Waals surface area contributed by atoms with Gasteiger partial charge in [0.05, 0.1) is 32.0 Å². The molecule has 3 heterocycles. The maximum Gasteiger partial charge on any atom is 0.364 e. The lowest BCUT2D eigenvalue weighted by molar-refractivity contribution is -0.380. The van der Waals surface area contributed by atoms with Crippen LogP contribution in [0.5, 0.6) is 0 Å². The van der Waals surface area contributed by atoms with Gasteiger partial charge in [-0.1, -0.05) is 0 Å². The van der Waals surface area contributed by atoms with Gasteiger partial charge in [0, 0.05) is 20.3 Å². The van der Waals surface area contributed by atoms with Crippen molar-refractivity contribution in [2.45, 2.75) is 118 Å². The summed E-state index contributed by atoms with van der Waals surface area (Å²) in [4.78, 5) is 36.2. The number of rotatable bonds is 12. The third-order valence-electron chi connectivity index (χ3n) is 7.87. The van der Waals surface area contributed by atoms with Crippen LogP contribution in [0.15, 0.2) is 0 Å². The van der Waals surface area contributed by atoms with Crippen LogP contribution in [0.3, 0.4) is 0 Å². The zero-order valence-electron chi connectivity index (χ0n) is 24.7. The number of carboxylic acids is 1. The molecular formula is C25H42N2O19. The highest BCUT2D eigenvalue weighted by atomic mass is 16.8. The number of hydrogen-bond acceptors (Lipinski definition) is 18. The number of aliphatic hydroxyl groups excluding tert-OH is 10. The van der Waals surface area contributed by atoms with Gasteiger partial charge in [0.2, 0.25) is 11.8 Å². The molecule has 0 spiro atoms. The summed E-state index contributed by atoms with van der Waals surface area (Å²) in [6, 6.07) is -3.08. The molecule has 21 nitrogen and oxygen atoms in total. The van der Waals surface area contributed by atoms with Gasteiger partial charge in [0.1, 0.15) is 67.1 Å². The Bertz CT molecular complexity index is 1050. The van der Waals surface area contributed by atoms with E-state index in [1.807, 2.05) is 0 Å². The third-order valence-corrected chi connectivity index (χ3v) is 7.87. The second-order valence-corrected chi connectivity index (χ2v) is 11.2. The van der Waals surface area contributed by atoms with Gasteiger partial charge in [0.25, 0.3) is 5.79 Å². The fraction of sp³-hybridized carbons (Fsp3) is 0.880. The average Bonchev–Trinajstić information content (AvgIpc) is 2.99. The number of aliphatic carboxylic acids is 1. The fourth-order valence-electron chi connectivity index (χ4n) is 5.56. The topological polar surface area (TPSA) is 344 Å². The number of hydrogen-bond donors (Lipinski definition) is 13. The van der Waals surface area contributed by atoms with Crippen molar-refractivity contribution in [1.82, 2.24) is 10.6 Å². The first-order valence-corrected chi connectivity index (χ1v) is 14.2. The van der Waals surface area contributed by atoms with Crippen LogP contribution in [-0.4, -0.2) is 191 Å². The van der Waals surface area contributed by atoms with E-state index in [0.717, 1.165) is 13.8 Å². The summed E-state index contributed by atoms with van der Waals surface area (Å²) >= 11 is 0. The van der Waals surface area contributed by atoms with Gasteiger partial charge in [-0.3, -0.25) is 9.59 Å². The fourth-order valence-corrected chi connectivity index (χ4v) is 5.56. The molecule has 3 saturated heterocycles. The molecule has 3 fully saturated rings. The lowest BCUT2D eigenvalue weighted by Gasteiger charge is -2.50. The van der Waals surface area contributed by atoms with Crippen molar-refractivity contribution in [1.29, 1.82) is 0 Å². The van der Waals surface area contributed by atoms with Gasteiger partial charge in [-0.25, -0.2) is 4.79 Å². The second kappa shape index (κ2) is 15.8. The van der Waals surface area contributed by atoms with Crippen molar-refractivity contribution in [3.63, 3.8) is 0 Å². The molecule has 3 aliphatic rings. The molecule has 0 unspecified atom stereocenters. The Hall–Kier alpha value is -2.19. The number of amides is 2. The van der Waals surface area contributed by atoms with E-state index >= 15 is 0 Å². The highest BCUT2D eigenvalue weighted by Gasteiger charge is 2.60. The zero-order chi connectivity index (χ0) is 34.7. The lowest BCUT2D eigenvalue weighted by Crippen LogP contribution is -2.71. The van der Waals surface area contributed by atoms with Crippen LogP contribution in [0, 0.1) is 0 Å². The highest BCUT2D eigenvalue weighted by Crippen LogP contribution is 2.38. The second-order valence-electron chi connectivity index (χ2n) is 11.2. The SMILES string of the molecule is CC(=O)N[C@@H]1[C@@H](O[C@H]2O[C@H](CO)[C@H](O)[C@H](O[C@]3(C(=O)O)C[C@H](O)[C@@H](NC(C)=O)[C@H]([C@H](O)[C@H](O)CO)O3)[C@H]2O)[C@H](O)[C@@H](CO)O[C@H]1O. The summed E-state index contributed by atoms with van der Waals surface area (Å²) < 4.78 is 27.3. The Morgan fingerprint density at radius 2 is 1.39 bits per heavy atom. The summed E-state index contributed by atoms with van der Waals surface area (Å²) in [5, 5.41) is 118. The van der Waals surface area contributed by atoms with E-state index < -0.39 is 142 Å². The molecule has 3 aliphatic heterocycles. The quantitative estimate of drug-likeness (QED) is 0.0913. The van der Waals surface area contributed by atoms with Gasteiger partial charge in [-0.05, 0) is 0 Å². The molecule has 0 aromatic rings. The Balaban J connectivity index is 1.98. The number of carbonyl (C=O) groups is 3. The largest absolute Gasteiger partial charge is 0.477 e. The van der Waals surface area contributed by atoms with Crippen LogP contribution in [-0.2, 0) is 38.1 Å². The summed E-state index contributed by atoms with van der Waals surface area (Å²) in [6.45, 7) is -0.777. The highest BCUT2D eigenvalue weighted by molar-refractivity contribution is 5.76. The van der Waals surface area contributed by atoms with Gasteiger partial charge in [-0.2, -0.15) is 0 Å². The Kier molecular flexibility index (Phi) is 13.1. The summed E-state index contributed by atoms with van der Waals surface area (Å²) in [5.74, 6) is -6.50. The molecule has 46 heavy (non-hydrogen) atoms. The maximum atomic E-state index is 12.6. The van der Waals surface area contributed by atoms with Crippen molar-refractivity contribution in [3.8, 4) is 0 Å². The number of carbonyl (C=O) groups excluding carboxylic acids is 2. The van der Waals surface area contributed by atoms with E-state index in [2.05, 4.69) is 10.6 Å². The minimum Gasteiger partial charge on any atom is -0.477 e. The predicted octanol–water partition coefficient (Wildman–Crippen LogP) is -8.08. The predicted molar refractivity (Wildman–Crippen MR) is 142 cm³/mol. The Morgan fingerprint density at radius 1 is 0.848 bits per heavy atom. The van der Waals surface area contributed by atoms with Gasteiger partial charge in [-0.15, -0.1) is 0 Å². The molecule has 0 aromatic heterocycles. The van der Waals surface area contributed by atoms with Gasteiger partial charge in [0.15, 0.2) is 12.6 Å². The van der Waals surface area contributed by atoms with Crippen molar-refractivity contribution < 1.29 is 94.2 Å². The van der Waals surface area contributed by atoms with E-state index in [-0.39, 0.29) is 0 Å². The van der Waals surface area contributed by atoms with Crippen molar-refractivity contribution in [3.05, 3.63) is 0 Å². The minimum atomic E-state index is -3.04. The number of nitrogens with one attached hydrogen (secondary N) is 2.